The lowest BCUT2D eigenvalue weighted by molar-refractivity contribution is -0.385. The normalized spacial score (nSPS) is 11.4. The molecule has 5 nitrogen and oxygen atoms in total. The van der Waals surface area contributed by atoms with Crippen LogP contribution in [0.2, 0.25) is 0 Å². The Bertz CT molecular complexity index is 733. The van der Waals surface area contributed by atoms with Gasteiger partial charge in [0.2, 0.25) is 0 Å². The Hall–Kier alpha value is -3.00. The van der Waals surface area contributed by atoms with E-state index in [2.05, 4.69) is 6.07 Å². The van der Waals surface area contributed by atoms with Crippen LogP contribution in [-0.2, 0) is 0 Å². The average Bonchev–Trinajstić information content (AvgIpc) is 2.48. The number of nitro benzene ring substituents is 1. The van der Waals surface area contributed by atoms with Gasteiger partial charge in [0.05, 0.1) is 22.5 Å². The van der Waals surface area contributed by atoms with E-state index in [9.17, 15) is 20.2 Å². The number of nitro groups is 1. The highest BCUT2D eigenvalue weighted by Gasteiger charge is 2.21. The van der Waals surface area contributed by atoms with E-state index in [0.717, 1.165) is 5.56 Å². The highest BCUT2D eigenvalue weighted by atomic mass is 16.6. The van der Waals surface area contributed by atoms with Crippen LogP contribution in [0.3, 0.4) is 0 Å². The molecule has 0 aliphatic rings. The summed E-state index contributed by atoms with van der Waals surface area (Å²) in [7, 11) is 0. The minimum atomic E-state index is -0.593. The van der Waals surface area contributed by atoms with Crippen LogP contribution in [0.5, 0.6) is 0 Å². The van der Waals surface area contributed by atoms with Crippen LogP contribution in [0.15, 0.2) is 48.5 Å². The summed E-state index contributed by atoms with van der Waals surface area (Å²) in [5.74, 6) is -0.960. The molecule has 0 aromatic heterocycles. The van der Waals surface area contributed by atoms with E-state index in [0.29, 0.717) is 5.56 Å². The first-order valence-corrected chi connectivity index (χ1v) is 6.28. The van der Waals surface area contributed by atoms with Crippen molar-refractivity contribution in [3.63, 3.8) is 0 Å². The Kier molecular flexibility index (Phi) is 4.10. The minimum Gasteiger partial charge on any atom is -0.294 e. The number of carbonyl (C=O) groups is 1. The fraction of sp³-hybridized carbons (Fsp3) is 0.125. The number of carbonyl (C=O) groups excluding carboxylic acids is 1. The lowest BCUT2D eigenvalue weighted by Crippen LogP contribution is -2.04. The smallest absolute Gasteiger partial charge is 0.280 e. The van der Waals surface area contributed by atoms with Crippen molar-refractivity contribution < 1.29 is 9.72 Å². The summed E-state index contributed by atoms with van der Waals surface area (Å²) in [5, 5.41) is 20.3. The second-order valence-corrected chi connectivity index (χ2v) is 4.56. The zero-order chi connectivity index (χ0) is 15.4. The lowest BCUT2D eigenvalue weighted by Gasteiger charge is -2.11. The Balaban J connectivity index is 2.54. The van der Waals surface area contributed by atoms with Gasteiger partial charge in [0, 0.05) is 6.07 Å². The molecule has 104 valence electrons. The van der Waals surface area contributed by atoms with Crippen molar-refractivity contribution in [3.05, 3.63) is 75.3 Å². The van der Waals surface area contributed by atoms with Gasteiger partial charge in [0.15, 0.2) is 5.78 Å². The van der Waals surface area contributed by atoms with Gasteiger partial charge in [0.1, 0.15) is 0 Å². The van der Waals surface area contributed by atoms with E-state index in [1.165, 1.54) is 25.1 Å². The van der Waals surface area contributed by atoms with Crippen LogP contribution < -0.4 is 0 Å². The Morgan fingerprint density at radius 3 is 2.38 bits per heavy atom. The highest BCUT2D eigenvalue weighted by molar-refractivity contribution is 5.98. The Morgan fingerprint density at radius 2 is 1.86 bits per heavy atom. The van der Waals surface area contributed by atoms with Gasteiger partial charge < -0.3 is 0 Å². The summed E-state index contributed by atoms with van der Waals surface area (Å²) in [6, 6.07) is 15.5. The summed E-state index contributed by atoms with van der Waals surface area (Å²) in [4.78, 5) is 21.9. The molecule has 21 heavy (non-hydrogen) atoms. The molecule has 0 saturated carbocycles. The largest absolute Gasteiger partial charge is 0.294 e. The molecule has 0 amide bonds. The summed E-state index contributed by atoms with van der Waals surface area (Å²) < 4.78 is 0. The molecule has 2 aromatic carbocycles. The topological polar surface area (TPSA) is 84.0 Å². The fourth-order valence-electron chi connectivity index (χ4n) is 2.16. The third-order valence-electron chi connectivity index (χ3n) is 3.19. The van der Waals surface area contributed by atoms with Crippen molar-refractivity contribution in [2.75, 3.05) is 0 Å². The zero-order valence-corrected chi connectivity index (χ0v) is 11.3. The predicted octanol–water partition coefficient (Wildman–Crippen LogP) is 3.45. The van der Waals surface area contributed by atoms with Crippen molar-refractivity contribution in [2.24, 2.45) is 0 Å². The van der Waals surface area contributed by atoms with Crippen LogP contribution in [0.4, 0.5) is 5.69 Å². The molecule has 2 aromatic rings. The van der Waals surface area contributed by atoms with Crippen molar-refractivity contribution in [1.29, 1.82) is 5.26 Å². The summed E-state index contributed by atoms with van der Waals surface area (Å²) >= 11 is 0. The van der Waals surface area contributed by atoms with E-state index in [4.69, 9.17) is 0 Å². The first kappa shape index (κ1) is 14.4. The third-order valence-corrected chi connectivity index (χ3v) is 3.19. The predicted molar refractivity (Wildman–Crippen MR) is 77.0 cm³/mol. The molecule has 0 fully saturated rings. The van der Waals surface area contributed by atoms with Gasteiger partial charge in [0.25, 0.3) is 5.69 Å². The number of hydrogen-bond donors (Lipinski definition) is 0. The molecular weight excluding hydrogens is 268 g/mol. The molecule has 1 atom stereocenters. The monoisotopic (exact) mass is 280 g/mol. The van der Waals surface area contributed by atoms with E-state index >= 15 is 0 Å². The zero-order valence-electron chi connectivity index (χ0n) is 11.3. The molecule has 5 heteroatoms. The molecule has 2 rings (SSSR count). The van der Waals surface area contributed by atoms with E-state index in [1.54, 1.807) is 0 Å². The number of hydrogen-bond acceptors (Lipinski definition) is 4. The lowest BCUT2D eigenvalue weighted by atomic mass is 9.90. The highest BCUT2D eigenvalue weighted by Crippen LogP contribution is 2.28. The van der Waals surface area contributed by atoms with E-state index in [1.807, 2.05) is 30.3 Å². The van der Waals surface area contributed by atoms with Gasteiger partial charge >= 0.3 is 0 Å². The molecule has 0 heterocycles. The second kappa shape index (κ2) is 5.97. The van der Waals surface area contributed by atoms with Gasteiger partial charge in [-0.25, -0.2) is 0 Å². The van der Waals surface area contributed by atoms with Crippen molar-refractivity contribution in [3.8, 4) is 6.07 Å². The van der Waals surface area contributed by atoms with Crippen molar-refractivity contribution in [1.82, 2.24) is 0 Å². The van der Waals surface area contributed by atoms with Gasteiger partial charge in [-0.1, -0.05) is 36.4 Å². The maximum Gasteiger partial charge on any atom is 0.280 e. The van der Waals surface area contributed by atoms with E-state index < -0.39 is 16.6 Å². The van der Waals surface area contributed by atoms with Crippen LogP contribution in [0.1, 0.15) is 34.3 Å². The number of nitrogens with zero attached hydrogens (tertiary/aromatic N) is 2. The summed E-state index contributed by atoms with van der Waals surface area (Å²) in [5.41, 5.74) is 1.13. The number of Topliss-reactive ketones (excluding diaryl/α,β-unsaturated/α-hetero) is 1. The Morgan fingerprint density at radius 1 is 1.19 bits per heavy atom. The SMILES string of the molecule is CC(=O)c1cc(C(C#N)c2ccccc2)ccc1[N+](=O)[O-]. The molecule has 0 aliphatic carbocycles. The van der Waals surface area contributed by atoms with Crippen molar-refractivity contribution >= 4 is 11.5 Å². The molecule has 0 aliphatic heterocycles. The third kappa shape index (κ3) is 2.95. The molecular formula is C16H12N2O3. The number of ketones is 1. The summed E-state index contributed by atoms with van der Waals surface area (Å²) in [6.45, 7) is 1.27. The molecule has 0 bridgehead atoms. The minimum absolute atomic E-state index is 0.0219. The second-order valence-electron chi connectivity index (χ2n) is 4.56. The van der Waals surface area contributed by atoms with Gasteiger partial charge in [-0.3, -0.25) is 14.9 Å². The Labute approximate surface area is 121 Å². The summed E-state index contributed by atoms with van der Waals surface area (Å²) in [6.07, 6.45) is 0. The number of benzene rings is 2. The molecule has 0 N–H and O–H groups in total. The van der Waals surface area contributed by atoms with Gasteiger partial charge in [-0.15, -0.1) is 0 Å². The fourth-order valence-corrected chi connectivity index (χ4v) is 2.16. The number of rotatable bonds is 4. The maximum absolute atomic E-state index is 11.6. The first-order valence-electron chi connectivity index (χ1n) is 6.28. The van der Waals surface area contributed by atoms with Gasteiger partial charge in [-0.2, -0.15) is 5.26 Å². The average molecular weight is 280 g/mol. The molecule has 1 unspecified atom stereocenters. The van der Waals surface area contributed by atoms with E-state index in [-0.39, 0.29) is 11.3 Å². The maximum atomic E-state index is 11.6. The molecule has 0 saturated heterocycles. The standard InChI is InChI=1S/C16H12N2O3/c1-11(19)14-9-13(7-8-16(14)18(20)21)15(10-17)12-5-3-2-4-6-12/h2-9,15H,1H3. The van der Waals surface area contributed by atoms with Gasteiger partial charge in [-0.05, 0) is 24.1 Å². The first-order chi connectivity index (χ1) is 10.0. The van der Waals surface area contributed by atoms with Crippen molar-refractivity contribution in [2.45, 2.75) is 12.8 Å². The quantitative estimate of drug-likeness (QED) is 0.487. The van der Waals surface area contributed by atoms with Crippen LogP contribution in [0, 0.1) is 21.4 Å². The molecule has 0 spiro atoms. The van der Waals surface area contributed by atoms with Crippen LogP contribution in [0.25, 0.3) is 0 Å². The van der Waals surface area contributed by atoms with Crippen LogP contribution in [-0.4, -0.2) is 10.7 Å². The number of nitriles is 1. The van der Waals surface area contributed by atoms with Crippen LogP contribution >= 0.6 is 0 Å². The molecule has 0 radical (unpaired) electrons.